The van der Waals surface area contributed by atoms with Crippen LogP contribution in [0.2, 0.25) is 0 Å². The highest BCUT2D eigenvalue weighted by molar-refractivity contribution is 7.61. The molecule has 0 aromatic heterocycles. The average Bonchev–Trinajstić information content (AvgIpc) is 2.04. The van der Waals surface area contributed by atoms with Crippen molar-refractivity contribution in [3.8, 4) is 0 Å². The van der Waals surface area contributed by atoms with Crippen LogP contribution in [0.4, 0.5) is 0 Å². The Labute approximate surface area is 77.9 Å². The minimum atomic E-state index is -3.57. The molecule has 1 rings (SSSR count). The van der Waals surface area contributed by atoms with Crippen LogP contribution in [-0.2, 0) is 9.09 Å². The van der Waals surface area contributed by atoms with Gasteiger partial charge in [-0.1, -0.05) is 17.7 Å². The van der Waals surface area contributed by atoms with Gasteiger partial charge in [0.2, 0.25) is 0 Å². The van der Waals surface area contributed by atoms with Gasteiger partial charge in [0.1, 0.15) is 0 Å². The summed E-state index contributed by atoms with van der Waals surface area (Å²) in [5.74, 6) is 0. The normalized spacial score (nSPS) is 15.3. The molecule has 0 amide bonds. The van der Waals surface area contributed by atoms with Crippen molar-refractivity contribution >= 4 is 12.9 Å². The molecule has 1 unspecified atom stereocenters. The Morgan fingerprint density at radius 1 is 1.54 bits per heavy atom. The van der Waals surface area contributed by atoms with Gasteiger partial charge in [-0.2, -0.15) is 0 Å². The smallest absolute Gasteiger partial charge is 0.321 e. The van der Waals surface area contributed by atoms with E-state index in [1.54, 1.807) is 25.1 Å². The molecule has 0 fully saturated rings. The van der Waals surface area contributed by atoms with Crippen LogP contribution >= 0.6 is 7.60 Å². The van der Waals surface area contributed by atoms with Crippen molar-refractivity contribution in [2.24, 2.45) is 0 Å². The molecule has 1 aromatic rings. The fourth-order valence-electron chi connectivity index (χ4n) is 1.05. The summed E-state index contributed by atoms with van der Waals surface area (Å²) in [5, 5.41) is 0.356. The standard InChI is InChI=1S/C9H13O3P/c1-3-12-13(10,11)9-6-4-5-8(2)7-9/h4-7H,3H2,1-2H3,(H,10,11). The molecular weight excluding hydrogens is 187 g/mol. The van der Waals surface area contributed by atoms with Crippen molar-refractivity contribution in [2.45, 2.75) is 13.8 Å². The van der Waals surface area contributed by atoms with E-state index in [9.17, 15) is 9.46 Å². The maximum Gasteiger partial charge on any atom is 0.358 e. The van der Waals surface area contributed by atoms with Crippen LogP contribution in [0.15, 0.2) is 24.3 Å². The Bertz CT molecular complexity index is 335. The molecule has 3 nitrogen and oxygen atoms in total. The topological polar surface area (TPSA) is 46.5 Å². The molecule has 0 heterocycles. The number of hydrogen-bond donors (Lipinski definition) is 1. The van der Waals surface area contributed by atoms with Gasteiger partial charge in [-0.25, -0.2) is 0 Å². The van der Waals surface area contributed by atoms with Gasteiger partial charge in [0.25, 0.3) is 0 Å². The number of aryl methyl sites for hydroxylation is 1. The lowest BCUT2D eigenvalue weighted by Gasteiger charge is -2.10. The Balaban J connectivity index is 3.00. The minimum absolute atomic E-state index is 0.238. The van der Waals surface area contributed by atoms with E-state index in [4.69, 9.17) is 4.52 Å². The van der Waals surface area contributed by atoms with Gasteiger partial charge < -0.3 is 9.42 Å². The van der Waals surface area contributed by atoms with E-state index in [0.717, 1.165) is 5.56 Å². The van der Waals surface area contributed by atoms with Crippen molar-refractivity contribution in [1.82, 2.24) is 0 Å². The molecule has 1 atom stereocenters. The molecule has 72 valence electrons. The Morgan fingerprint density at radius 3 is 2.77 bits per heavy atom. The second kappa shape index (κ2) is 4.05. The van der Waals surface area contributed by atoms with E-state index in [1.807, 2.05) is 13.0 Å². The summed E-state index contributed by atoms with van der Waals surface area (Å²) in [6, 6.07) is 6.88. The first kappa shape index (κ1) is 10.5. The zero-order valence-corrected chi connectivity index (χ0v) is 8.62. The molecule has 4 heteroatoms. The van der Waals surface area contributed by atoms with E-state index in [-0.39, 0.29) is 6.61 Å². The zero-order chi connectivity index (χ0) is 9.90. The SMILES string of the molecule is CCOP(=O)(O)c1cccc(C)c1. The van der Waals surface area contributed by atoms with Crippen molar-refractivity contribution in [1.29, 1.82) is 0 Å². The highest BCUT2D eigenvalue weighted by Crippen LogP contribution is 2.40. The van der Waals surface area contributed by atoms with Crippen LogP contribution in [0.1, 0.15) is 12.5 Å². The van der Waals surface area contributed by atoms with Crippen LogP contribution in [0.25, 0.3) is 0 Å². The summed E-state index contributed by atoms with van der Waals surface area (Å²) in [5.41, 5.74) is 0.950. The second-order valence-electron chi connectivity index (χ2n) is 2.78. The van der Waals surface area contributed by atoms with Crippen molar-refractivity contribution in [3.63, 3.8) is 0 Å². The first-order valence-electron chi connectivity index (χ1n) is 4.11. The van der Waals surface area contributed by atoms with Crippen LogP contribution < -0.4 is 5.30 Å². The lowest BCUT2D eigenvalue weighted by Crippen LogP contribution is -2.06. The van der Waals surface area contributed by atoms with Crippen LogP contribution in [0.3, 0.4) is 0 Å². The molecular formula is C9H13O3P. The van der Waals surface area contributed by atoms with Gasteiger partial charge in [-0.3, -0.25) is 4.57 Å². The van der Waals surface area contributed by atoms with Crippen LogP contribution in [0.5, 0.6) is 0 Å². The molecule has 0 spiro atoms. The third-order valence-electron chi connectivity index (χ3n) is 1.63. The quantitative estimate of drug-likeness (QED) is 0.757. The monoisotopic (exact) mass is 200 g/mol. The summed E-state index contributed by atoms with van der Waals surface area (Å²) in [7, 11) is -3.57. The largest absolute Gasteiger partial charge is 0.358 e. The lowest BCUT2D eigenvalue weighted by atomic mass is 10.2. The number of benzene rings is 1. The average molecular weight is 200 g/mol. The molecule has 0 saturated heterocycles. The molecule has 1 N–H and O–H groups in total. The predicted molar refractivity (Wildman–Crippen MR) is 52.3 cm³/mol. The number of rotatable bonds is 3. The van der Waals surface area contributed by atoms with Crippen molar-refractivity contribution in [2.75, 3.05) is 6.61 Å². The second-order valence-corrected chi connectivity index (χ2v) is 4.59. The molecule has 0 aliphatic rings. The highest BCUT2D eigenvalue weighted by atomic mass is 31.2. The maximum atomic E-state index is 11.5. The van der Waals surface area contributed by atoms with Gasteiger partial charge in [0, 0.05) is 0 Å². The van der Waals surface area contributed by atoms with E-state index in [0.29, 0.717) is 5.30 Å². The Hall–Kier alpha value is -0.630. The molecule has 0 bridgehead atoms. The zero-order valence-electron chi connectivity index (χ0n) is 7.73. The van der Waals surface area contributed by atoms with E-state index < -0.39 is 7.60 Å². The maximum absolute atomic E-state index is 11.5. The summed E-state index contributed by atoms with van der Waals surface area (Å²) >= 11 is 0. The lowest BCUT2D eigenvalue weighted by molar-refractivity contribution is 0.284. The van der Waals surface area contributed by atoms with Crippen LogP contribution in [-0.4, -0.2) is 11.5 Å². The van der Waals surface area contributed by atoms with Crippen molar-refractivity contribution < 1.29 is 14.0 Å². The van der Waals surface area contributed by atoms with E-state index in [1.165, 1.54) is 0 Å². The molecule has 0 radical (unpaired) electrons. The molecule has 13 heavy (non-hydrogen) atoms. The van der Waals surface area contributed by atoms with E-state index >= 15 is 0 Å². The summed E-state index contributed by atoms with van der Waals surface area (Å²) in [6.07, 6.45) is 0. The third kappa shape index (κ3) is 2.66. The van der Waals surface area contributed by atoms with Gasteiger partial charge in [0.05, 0.1) is 11.9 Å². The van der Waals surface area contributed by atoms with Gasteiger partial charge >= 0.3 is 7.60 Å². The minimum Gasteiger partial charge on any atom is -0.321 e. The number of hydrogen-bond acceptors (Lipinski definition) is 2. The predicted octanol–water partition coefficient (Wildman–Crippen LogP) is 1.84. The molecule has 0 aliphatic carbocycles. The third-order valence-corrected chi connectivity index (χ3v) is 3.17. The Kier molecular flexibility index (Phi) is 3.26. The summed E-state index contributed by atoms with van der Waals surface area (Å²) < 4.78 is 16.3. The summed E-state index contributed by atoms with van der Waals surface area (Å²) in [4.78, 5) is 9.44. The molecule has 0 aliphatic heterocycles. The molecule has 1 aromatic carbocycles. The fourth-order valence-corrected chi connectivity index (χ4v) is 2.19. The molecule has 0 saturated carbocycles. The van der Waals surface area contributed by atoms with Crippen LogP contribution in [0, 0.1) is 6.92 Å². The van der Waals surface area contributed by atoms with Crippen molar-refractivity contribution in [3.05, 3.63) is 29.8 Å². The Morgan fingerprint density at radius 2 is 2.23 bits per heavy atom. The van der Waals surface area contributed by atoms with Gasteiger partial charge in [-0.05, 0) is 26.0 Å². The van der Waals surface area contributed by atoms with Gasteiger partial charge in [-0.15, -0.1) is 0 Å². The fraction of sp³-hybridized carbons (Fsp3) is 0.333. The summed E-state index contributed by atoms with van der Waals surface area (Å²) in [6.45, 7) is 3.80. The van der Waals surface area contributed by atoms with Gasteiger partial charge in [0.15, 0.2) is 0 Å². The van der Waals surface area contributed by atoms with E-state index in [2.05, 4.69) is 0 Å². The first-order valence-corrected chi connectivity index (χ1v) is 5.68. The first-order chi connectivity index (χ1) is 6.06. The highest BCUT2D eigenvalue weighted by Gasteiger charge is 2.21.